The Hall–Kier alpha value is -3.01. The van der Waals surface area contributed by atoms with Crippen LogP contribution in [-0.4, -0.2) is 19.1 Å². The molecule has 3 aromatic rings. The molecule has 1 unspecified atom stereocenters. The van der Waals surface area contributed by atoms with Crippen molar-refractivity contribution in [2.75, 3.05) is 6.61 Å². The summed E-state index contributed by atoms with van der Waals surface area (Å²) in [6.07, 6.45) is 7.53. The molecule has 37 heavy (non-hydrogen) atoms. The largest absolute Gasteiger partial charge is 0.402 e. The van der Waals surface area contributed by atoms with Crippen molar-refractivity contribution in [2.45, 2.75) is 50.5 Å². The summed E-state index contributed by atoms with van der Waals surface area (Å²) in [4.78, 5) is 1.41. The molecular formula is C33H38O2SSi. The van der Waals surface area contributed by atoms with Crippen molar-refractivity contribution >= 4 is 29.5 Å². The maximum atomic E-state index is 13.7. The lowest BCUT2D eigenvalue weighted by Gasteiger charge is -2.43. The molecule has 0 amide bonds. The van der Waals surface area contributed by atoms with Gasteiger partial charge in [0.2, 0.25) is 0 Å². The Bertz CT molecular complexity index is 1230. The maximum Gasteiger partial charge on any atom is 0.261 e. The van der Waals surface area contributed by atoms with Gasteiger partial charge >= 0.3 is 0 Å². The van der Waals surface area contributed by atoms with Gasteiger partial charge in [-0.05, 0) is 53.4 Å². The Morgan fingerprint density at radius 3 is 1.92 bits per heavy atom. The summed E-state index contributed by atoms with van der Waals surface area (Å²) >= 11 is 0. The predicted octanol–water partition coefficient (Wildman–Crippen LogP) is 7.32. The van der Waals surface area contributed by atoms with Crippen LogP contribution >= 0.6 is 0 Å². The molecule has 0 aliphatic heterocycles. The van der Waals surface area contributed by atoms with E-state index in [1.807, 2.05) is 60.7 Å². The fourth-order valence-electron chi connectivity index (χ4n) is 4.54. The Morgan fingerprint density at radius 2 is 1.43 bits per heavy atom. The van der Waals surface area contributed by atoms with Crippen molar-refractivity contribution in [3.05, 3.63) is 132 Å². The highest BCUT2D eigenvalue weighted by Gasteiger charge is 2.50. The van der Waals surface area contributed by atoms with Crippen molar-refractivity contribution < 1.29 is 8.63 Å². The fourth-order valence-corrected chi connectivity index (χ4v) is 10.2. The van der Waals surface area contributed by atoms with Gasteiger partial charge < -0.3 is 4.43 Å². The van der Waals surface area contributed by atoms with Crippen LogP contribution in [-0.2, 0) is 15.2 Å². The van der Waals surface area contributed by atoms with E-state index in [1.165, 1.54) is 15.9 Å². The van der Waals surface area contributed by atoms with Gasteiger partial charge in [-0.15, -0.1) is 5.73 Å². The van der Waals surface area contributed by atoms with E-state index in [9.17, 15) is 4.21 Å². The third-order valence-corrected chi connectivity index (χ3v) is 12.7. The quantitative estimate of drug-likeness (QED) is 0.149. The summed E-state index contributed by atoms with van der Waals surface area (Å²) in [6.45, 7) is 12.9. The summed E-state index contributed by atoms with van der Waals surface area (Å²) in [5.74, 6) is 0. The molecule has 0 radical (unpaired) electrons. The lowest BCUT2D eigenvalue weighted by atomic mass is 10.1. The van der Waals surface area contributed by atoms with E-state index < -0.39 is 19.1 Å². The summed E-state index contributed by atoms with van der Waals surface area (Å²) in [5.41, 5.74) is 4.63. The van der Waals surface area contributed by atoms with Crippen LogP contribution in [0.4, 0.5) is 0 Å². The minimum absolute atomic E-state index is 0.161. The van der Waals surface area contributed by atoms with Crippen LogP contribution in [0.1, 0.15) is 40.5 Å². The van der Waals surface area contributed by atoms with Gasteiger partial charge in [0, 0.05) is 4.90 Å². The molecule has 0 aromatic heterocycles. The van der Waals surface area contributed by atoms with Gasteiger partial charge in [-0.2, -0.15) is 0 Å². The van der Waals surface area contributed by atoms with Crippen molar-refractivity contribution in [3.63, 3.8) is 0 Å². The first kappa shape index (κ1) is 28.6. The van der Waals surface area contributed by atoms with E-state index in [4.69, 9.17) is 4.43 Å². The molecule has 0 heterocycles. The Labute approximate surface area is 226 Å². The summed E-state index contributed by atoms with van der Waals surface area (Å²) < 4.78 is 20.8. The topological polar surface area (TPSA) is 26.3 Å². The first-order valence-corrected chi connectivity index (χ1v) is 15.8. The summed E-state index contributed by atoms with van der Waals surface area (Å²) in [5, 5.41) is 2.24. The van der Waals surface area contributed by atoms with E-state index in [2.05, 4.69) is 88.5 Å². The molecule has 0 N–H and O–H groups in total. The van der Waals surface area contributed by atoms with Crippen molar-refractivity contribution in [2.24, 2.45) is 0 Å². The first-order valence-electron chi connectivity index (χ1n) is 12.7. The second-order valence-electron chi connectivity index (χ2n) is 10.1. The lowest BCUT2D eigenvalue weighted by Crippen LogP contribution is -2.66. The predicted molar refractivity (Wildman–Crippen MR) is 161 cm³/mol. The van der Waals surface area contributed by atoms with Gasteiger partial charge in [-0.25, -0.2) is 4.21 Å². The van der Waals surface area contributed by atoms with E-state index in [-0.39, 0.29) is 11.6 Å². The smallest absolute Gasteiger partial charge is 0.261 e. The maximum absolute atomic E-state index is 13.7. The van der Waals surface area contributed by atoms with Crippen molar-refractivity contribution in [3.8, 4) is 0 Å². The standard InChI is InChI=1S/C33H38O2SSi/c1-6-18-28(2)19-16-17-22-30(36(34)29-20-10-7-11-21-29)27-35-37(33(3,4)5,31-23-12-8-13-24-31)32-25-14-9-15-26-32/h6-15,17-18,20-21,23-26H,1,16,19,27H2,2-5H3/b28-18+. The second-order valence-corrected chi connectivity index (χ2v) is 15.9. The third kappa shape index (κ3) is 7.27. The zero-order valence-corrected chi connectivity index (χ0v) is 24.3. The molecule has 2 nitrogen and oxygen atoms in total. The van der Waals surface area contributed by atoms with Crippen molar-refractivity contribution in [1.82, 2.24) is 0 Å². The van der Waals surface area contributed by atoms with Gasteiger partial charge in [0.1, 0.15) is 0 Å². The summed E-state index contributed by atoms with van der Waals surface area (Å²) in [6, 6.07) is 30.7. The Kier molecular flexibility index (Phi) is 10.4. The van der Waals surface area contributed by atoms with Crippen LogP contribution in [0.2, 0.25) is 5.04 Å². The van der Waals surface area contributed by atoms with Crippen LogP contribution in [0.15, 0.2) is 137 Å². The average Bonchev–Trinajstić information content (AvgIpc) is 2.91. The molecule has 0 spiro atoms. The molecule has 0 aliphatic carbocycles. The molecule has 0 saturated carbocycles. The Balaban J connectivity index is 2.06. The van der Waals surface area contributed by atoms with Crippen LogP contribution in [0.3, 0.4) is 0 Å². The zero-order chi connectivity index (χ0) is 26.7. The molecule has 0 bridgehead atoms. The van der Waals surface area contributed by atoms with Crippen molar-refractivity contribution in [1.29, 1.82) is 0 Å². The number of benzene rings is 3. The van der Waals surface area contributed by atoms with E-state index in [0.29, 0.717) is 4.91 Å². The van der Waals surface area contributed by atoms with Gasteiger partial charge in [0.15, 0.2) is 0 Å². The van der Waals surface area contributed by atoms with Gasteiger partial charge in [0.05, 0.1) is 22.3 Å². The number of hydrogen-bond acceptors (Lipinski definition) is 2. The molecule has 3 rings (SSSR count). The number of hydrogen-bond donors (Lipinski definition) is 0. The highest BCUT2D eigenvalue weighted by molar-refractivity contribution is 7.89. The molecule has 192 valence electrons. The van der Waals surface area contributed by atoms with E-state index in [0.717, 1.165) is 17.7 Å². The monoisotopic (exact) mass is 526 g/mol. The van der Waals surface area contributed by atoms with Crippen LogP contribution in [0.25, 0.3) is 0 Å². The molecule has 4 heteroatoms. The lowest BCUT2D eigenvalue weighted by molar-refractivity contribution is 0.336. The SMILES string of the molecule is C=C/C=C(\C)CCC=C=C(CO[Si](c1ccccc1)(c1ccccc1)C(C)(C)C)S(=O)c1ccccc1. The molecule has 3 aromatic carbocycles. The minimum atomic E-state index is -2.76. The van der Waals surface area contributed by atoms with Gasteiger partial charge in [0.25, 0.3) is 8.32 Å². The normalized spacial score (nSPS) is 12.9. The van der Waals surface area contributed by atoms with Crippen LogP contribution in [0.5, 0.6) is 0 Å². The highest BCUT2D eigenvalue weighted by Crippen LogP contribution is 2.37. The average molecular weight is 527 g/mol. The molecule has 0 aliphatic rings. The minimum Gasteiger partial charge on any atom is -0.402 e. The molecule has 1 atom stereocenters. The number of allylic oxidation sites excluding steroid dienone is 3. The number of rotatable bonds is 11. The fraction of sp³-hybridized carbons (Fsp3) is 0.242. The van der Waals surface area contributed by atoms with E-state index >= 15 is 0 Å². The van der Waals surface area contributed by atoms with Crippen LogP contribution < -0.4 is 10.4 Å². The summed E-state index contributed by atoms with van der Waals surface area (Å²) in [7, 11) is -4.14. The van der Waals surface area contributed by atoms with Gasteiger partial charge in [-0.3, -0.25) is 0 Å². The van der Waals surface area contributed by atoms with Gasteiger partial charge in [-0.1, -0.05) is 124 Å². The molecule has 0 saturated heterocycles. The molecule has 0 fully saturated rings. The van der Waals surface area contributed by atoms with E-state index in [1.54, 1.807) is 0 Å². The van der Waals surface area contributed by atoms with Crippen LogP contribution in [0, 0.1) is 0 Å². The zero-order valence-electron chi connectivity index (χ0n) is 22.4. The highest BCUT2D eigenvalue weighted by atomic mass is 32.2. The third-order valence-electron chi connectivity index (χ3n) is 6.37. The second kappa shape index (κ2) is 13.5. The Morgan fingerprint density at radius 1 is 0.919 bits per heavy atom. The molecular weight excluding hydrogens is 489 g/mol. The first-order chi connectivity index (χ1) is 17.8.